The zero-order valence-electron chi connectivity index (χ0n) is 11.5. The van der Waals surface area contributed by atoms with Crippen LogP contribution in [0.2, 0.25) is 0 Å². The Labute approximate surface area is 118 Å². The molecule has 1 N–H and O–H groups in total. The summed E-state index contributed by atoms with van der Waals surface area (Å²) < 4.78 is 0. The van der Waals surface area contributed by atoms with E-state index in [4.69, 9.17) is 5.11 Å². The van der Waals surface area contributed by atoms with Crippen LogP contribution in [0.1, 0.15) is 28.5 Å². The van der Waals surface area contributed by atoms with Gasteiger partial charge in [-0.25, -0.2) is 4.79 Å². The Morgan fingerprint density at radius 1 is 1.15 bits per heavy atom. The first-order valence-corrected chi connectivity index (χ1v) is 6.63. The maximum atomic E-state index is 10.8. The van der Waals surface area contributed by atoms with Gasteiger partial charge in [0.1, 0.15) is 0 Å². The Morgan fingerprint density at radius 3 is 2.45 bits per heavy atom. The predicted molar refractivity (Wildman–Crippen MR) is 77.4 cm³/mol. The average molecular weight is 270 g/mol. The summed E-state index contributed by atoms with van der Waals surface area (Å²) in [4.78, 5) is 17.4. The molecule has 1 heterocycles. The van der Waals surface area contributed by atoms with Crippen molar-refractivity contribution in [3.63, 3.8) is 0 Å². The summed E-state index contributed by atoms with van der Waals surface area (Å²) in [5.41, 5.74) is 2.46. The van der Waals surface area contributed by atoms with Crippen LogP contribution in [0.5, 0.6) is 0 Å². The van der Waals surface area contributed by atoms with Crippen molar-refractivity contribution in [2.24, 2.45) is 0 Å². The van der Waals surface area contributed by atoms with Crippen LogP contribution < -0.4 is 0 Å². The number of nitrogens with zero attached hydrogens (tertiary/aromatic N) is 2. The molecule has 2 aromatic rings. The highest BCUT2D eigenvalue weighted by atomic mass is 16.4. The molecule has 4 heteroatoms. The predicted octanol–water partition coefficient (Wildman–Crippen LogP) is 2.80. The topological polar surface area (TPSA) is 53.4 Å². The van der Waals surface area contributed by atoms with Crippen LogP contribution in [0, 0.1) is 0 Å². The van der Waals surface area contributed by atoms with Crippen molar-refractivity contribution in [1.29, 1.82) is 0 Å². The highest BCUT2D eigenvalue weighted by Gasteiger charge is 2.07. The molecule has 1 aromatic carbocycles. The molecule has 20 heavy (non-hydrogen) atoms. The third-order valence-electron chi connectivity index (χ3n) is 3.17. The van der Waals surface area contributed by atoms with E-state index in [1.165, 1.54) is 0 Å². The fourth-order valence-electron chi connectivity index (χ4n) is 2.01. The maximum Gasteiger partial charge on any atom is 0.335 e. The van der Waals surface area contributed by atoms with Crippen molar-refractivity contribution in [3.05, 3.63) is 65.5 Å². The Balaban J connectivity index is 2.01. The van der Waals surface area contributed by atoms with E-state index in [9.17, 15) is 4.79 Å². The third-order valence-corrected chi connectivity index (χ3v) is 3.17. The van der Waals surface area contributed by atoms with Gasteiger partial charge in [0.05, 0.1) is 11.3 Å². The quantitative estimate of drug-likeness (QED) is 0.877. The molecule has 4 nitrogen and oxygen atoms in total. The monoisotopic (exact) mass is 270 g/mol. The number of carboxylic acid groups (broad SMARTS) is 1. The van der Waals surface area contributed by atoms with Gasteiger partial charge >= 0.3 is 5.97 Å². The molecule has 2 rings (SSSR count). The second-order valence-corrected chi connectivity index (χ2v) is 4.63. The van der Waals surface area contributed by atoms with Crippen molar-refractivity contribution in [2.75, 3.05) is 6.54 Å². The van der Waals surface area contributed by atoms with E-state index in [1.807, 2.05) is 30.3 Å². The lowest BCUT2D eigenvalue weighted by molar-refractivity contribution is 0.0697. The molecule has 1 aromatic heterocycles. The third kappa shape index (κ3) is 3.90. The van der Waals surface area contributed by atoms with Gasteiger partial charge in [0.2, 0.25) is 0 Å². The number of hydrogen-bond donors (Lipinski definition) is 1. The molecule has 0 aliphatic heterocycles. The normalized spacial score (nSPS) is 10.7. The number of aromatic carboxylic acids is 1. The van der Waals surface area contributed by atoms with Crippen LogP contribution >= 0.6 is 0 Å². The highest BCUT2D eigenvalue weighted by molar-refractivity contribution is 5.87. The minimum absolute atomic E-state index is 0.321. The molecular weight excluding hydrogens is 252 g/mol. The lowest BCUT2D eigenvalue weighted by Crippen LogP contribution is -2.22. The van der Waals surface area contributed by atoms with Gasteiger partial charge in [-0.3, -0.25) is 9.88 Å². The Bertz CT molecular complexity index is 552. The van der Waals surface area contributed by atoms with E-state index in [1.54, 1.807) is 18.3 Å². The van der Waals surface area contributed by atoms with Crippen LogP contribution in [-0.4, -0.2) is 27.5 Å². The first kappa shape index (κ1) is 14.2. The number of hydrogen-bond acceptors (Lipinski definition) is 3. The largest absolute Gasteiger partial charge is 0.478 e. The molecule has 0 radical (unpaired) electrons. The summed E-state index contributed by atoms with van der Waals surface area (Å²) in [6.45, 7) is 4.59. The van der Waals surface area contributed by atoms with Gasteiger partial charge in [0.15, 0.2) is 0 Å². The lowest BCUT2D eigenvalue weighted by Gasteiger charge is -2.20. The fraction of sp³-hybridized carbons (Fsp3) is 0.250. The number of aromatic nitrogens is 1. The molecule has 0 unspecified atom stereocenters. The molecule has 0 atom stereocenters. The van der Waals surface area contributed by atoms with Crippen molar-refractivity contribution in [1.82, 2.24) is 9.88 Å². The zero-order chi connectivity index (χ0) is 14.4. The number of carbonyl (C=O) groups is 1. The molecule has 0 bridgehead atoms. The van der Waals surface area contributed by atoms with E-state index in [0.717, 1.165) is 30.9 Å². The number of rotatable bonds is 6. The minimum Gasteiger partial charge on any atom is -0.478 e. The van der Waals surface area contributed by atoms with E-state index in [0.29, 0.717) is 5.56 Å². The van der Waals surface area contributed by atoms with Crippen molar-refractivity contribution in [3.8, 4) is 0 Å². The van der Waals surface area contributed by atoms with E-state index >= 15 is 0 Å². The molecular formula is C16H18N2O2. The second-order valence-electron chi connectivity index (χ2n) is 4.63. The van der Waals surface area contributed by atoms with Gasteiger partial charge in [-0.15, -0.1) is 0 Å². The molecule has 0 amide bonds. The Hall–Kier alpha value is -2.20. The molecule has 104 valence electrons. The fourth-order valence-corrected chi connectivity index (χ4v) is 2.01. The van der Waals surface area contributed by atoms with Crippen molar-refractivity contribution in [2.45, 2.75) is 20.0 Å². The van der Waals surface area contributed by atoms with Gasteiger partial charge in [-0.1, -0.05) is 25.1 Å². The summed E-state index contributed by atoms with van der Waals surface area (Å²) in [5, 5.41) is 8.88. The molecule has 0 aliphatic carbocycles. The number of carboxylic acids is 1. The Morgan fingerprint density at radius 2 is 1.90 bits per heavy atom. The number of pyridine rings is 1. The highest BCUT2D eigenvalue weighted by Crippen LogP contribution is 2.10. The van der Waals surface area contributed by atoms with Crippen LogP contribution in [0.4, 0.5) is 0 Å². The maximum absolute atomic E-state index is 10.8. The summed E-state index contributed by atoms with van der Waals surface area (Å²) in [6.07, 6.45) is 1.80. The van der Waals surface area contributed by atoms with E-state index in [2.05, 4.69) is 16.8 Å². The van der Waals surface area contributed by atoms with Gasteiger partial charge in [0, 0.05) is 19.3 Å². The van der Waals surface area contributed by atoms with Crippen molar-refractivity contribution >= 4 is 5.97 Å². The van der Waals surface area contributed by atoms with E-state index in [-0.39, 0.29) is 0 Å². The first-order chi connectivity index (χ1) is 9.69. The molecule has 0 aliphatic rings. The first-order valence-electron chi connectivity index (χ1n) is 6.63. The summed E-state index contributed by atoms with van der Waals surface area (Å²) >= 11 is 0. The van der Waals surface area contributed by atoms with Gasteiger partial charge in [0.25, 0.3) is 0 Å². The zero-order valence-corrected chi connectivity index (χ0v) is 11.5. The van der Waals surface area contributed by atoms with Crippen molar-refractivity contribution < 1.29 is 9.90 Å². The van der Waals surface area contributed by atoms with Gasteiger partial charge in [-0.05, 0) is 36.4 Å². The van der Waals surface area contributed by atoms with Crippen LogP contribution in [-0.2, 0) is 13.1 Å². The summed E-state index contributed by atoms with van der Waals surface area (Å²) in [6, 6.07) is 12.9. The van der Waals surface area contributed by atoms with Crippen LogP contribution in [0.3, 0.4) is 0 Å². The van der Waals surface area contributed by atoms with Crippen LogP contribution in [0.15, 0.2) is 48.7 Å². The minimum atomic E-state index is -0.891. The SMILES string of the molecule is CCN(Cc1ccc(C(=O)O)cc1)Cc1ccccn1. The average Bonchev–Trinajstić information content (AvgIpc) is 2.48. The second kappa shape index (κ2) is 6.82. The molecule has 0 spiro atoms. The smallest absolute Gasteiger partial charge is 0.335 e. The van der Waals surface area contributed by atoms with Gasteiger partial charge < -0.3 is 5.11 Å². The lowest BCUT2D eigenvalue weighted by atomic mass is 10.1. The number of benzene rings is 1. The standard InChI is InChI=1S/C16H18N2O2/c1-2-18(12-15-5-3-4-10-17-15)11-13-6-8-14(9-7-13)16(19)20/h3-10H,2,11-12H2,1H3,(H,19,20). The molecule has 0 saturated carbocycles. The molecule has 0 fully saturated rings. The van der Waals surface area contributed by atoms with Gasteiger partial charge in [-0.2, -0.15) is 0 Å². The Kier molecular flexibility index (Phi) is 4.85. The summed E-state index contributed by atoms with van der Waals surface area (Å²) in [7, 11) is 0. The molecule has 0 saturated heterocycles. The summed E-state index contributed by atoms with van der Waals surface area (Å²) in [5.74, 6) is -0.891. The van der Waals surface area contributed by atoms with E-state index < -0.39 is 5.97 Å². The van der Waals surface area contributed by atoms with Crippen LogP contribution in [0.25, 0.3) is 0 Å².